The molecule has 1 unspecified atom stereocenters. The summed E-state index contributed by atoms with van der Waals surface area (Å²) in [5.74, 6) is 0. The van der Waals surface area contributed by atoms with Crippen LogP contribution >= 0.6 is 0 Å². The number of rotatable bonds is 2. The molecule has 1 N–H and O–H groups in total. The summed E-state index contributed by atoms with van der Waals surface area (Å²) < 4.78 is 22.1. The van der Waals surface area contributed by atoms with Crippen LogP contribution in [-0.4, -0.2) is 44.5 Å². The molecule has 164 valence electrons. The third kappa shape index (κ3) is 4.65. The summed E-state index contributed by atoms with van der Waals surface area (Å²) in [7, 11) is 0. The molecule has 2 atom stereocenters. The molecule has 1 saturated carbocycles. The van der Waals surface area contributed by atoms with E-state index in [-0.39, 0.29) is 27.2 Å². The first kappa shape index (κ1) is 23.8. The van der Waals surface area contributed by atoms with Gasteiger partial charge in [0.2, 0.25) is 0 Å². The van der Waals surface area contributed by atoms with Crippen molar-refractivity contribution in [1.82, 2.24) is 9.62 Å². The van der Waals surface area contributed by atoms with Gasteiger partial charge < -0.3 is 14.2 Å². The van der Waals surface area contributed by atoms with Gasteiger partial charge in [0.25, 0.3) is 0 Å². The van der Waals surface area contributed by atoms with Crippen LogP contribution in [0.1, 0.15) is 94.4 Å². The number of likely N-dealkylation sites (tertiary alicyclic amines) is 1. The van der Waals surface area contributed by atoms with E-state index < -0.39 is 17.0 Å². The zero-order chi connectivity index (χ0) is 21.6. The Morgan fingerprint density at radius 2 is 1.50 bits per heavy atom. The minimum atomic E-state index is -1.13. The van der Waals surface area contributed by atoms with Gasteiger partial charge in [-0.05, 0) is 78.1 Å². The first-order valence-electron chi connectivity index (χ1n) is 10.7. The molecule has 28 heavy (non-hydrogen) atoms. The molecule has 1 spiro atoms. The Kier molecular flexibility index (Phi) is 6.52. The van der Waals surface area contributed by atoms with E-state index in [9.17, 15) is 9.35 Å². The molecule has 2 rings (SSSR count). The van der Waals surface area contributed by atoms with Crippen LogP contribution < -0.4 is 4.72 Å². The van der Waals surface area contributed by atoms with Gasteiger partial charge in [0.15, 0.2) is 0 Å². The third-order valence-corrected chi connectivity index (χ3v) is 8.23. The summed E-state index contributed by atoms with van der Waals surface area (Å²) >= 11 is -1.13. The molecule has 1 saturated heterocycles. The highest BCUT2D eigenvalue weighted by molar-refractivity contribution is 7.90. The molecule has 1 aliphatic heterocycles. The number of nitrogens with one attached hydrogen (secondary N) is 1. The Morgan fingerprint density at radius 1 is 0.964 bits per heavy atom. The molecule has 0 aromatic rings. The number of nitrogens with zero attached hydrogens (tertiary/aromatic N) is 1. The van der Waals surface area contributed by atoms with Gasteiger partial charge in [-0.3, -0.25) is 0 Å². The molecule has 0 aromatic heterocycles. The number of ether oxygens (including phenoxy) is 1. The Morgan fingerprint density at radius 3 is 1.93 bits per heavy atom. The lowest BCUT2D eigenvalue weighted by Crippen LogP contribution is -2.68. The second-order valence-electron chi connectivity index (χ2n) is 11.7. The predicted molar refractivity (Wildman–Crippen MR) is 117 cm³/mol. The second-order valence-corrected chi connectivity index (χ2v) is 13.7. The van der Waals surface area contributed by atoms with Crippen molar-refractivity contribution >= 4 is 17.5 Å². The van der Waals surface area contributed by atoms with Crippen molar-refractivity contribution in [3.63, 3.8) is 0 Å². The topological polar surface area (TPSA) is 64.6 Å². The Bertz CT molecular complexity index is 566. The molecular weight excluding hydrogens is 372 g/mol. The Balaban J connectivity index is 2.24. The monoisotopic (exact) mass is 414 g/mol. The van der Waals surface area contributed by atoms with Crippen LogP contribution in [0.3, 0.4) is 0 Å². The Labute approximate surface area is 175 Å². The fourth-order valence-electron chi connectivity index (χ4n) is 5.09. The quantitative estimate of drug-likeness (QED) is 0.644. The zero-order valence-corrected chi connectivity index (χ0v) is 20.3. The van der Waals surface area contributed by atoms with Gasteiger partial charge >= 0.3 is 6.09 Å². The smallest absolute Gasteiger partial charge is 0.410 e. The van der Waals surface area contributed by atoms with Gasteiger partial charge in [-0.1, -0.05) is 27.2 Å². The number of amides is 1. The molecule has 1 aliphatic carbocycles. The van der Waals surface area contributed by atoms with Gasteiger partial charge in [-0.15, -0.1) is 4.72 Å². The number of carbonyl (C=O) groups excluding carboxylic acids is 1. The molecule has 2 fully saturated rings. The maximum Gasteiger partial charge on any atom is 0.410 e. The fraction of sp³-hybridized carbons (Fsp3) is 0.955. The first-order valence-corrected chi connectivity index (χ1v) is 11.9. The van der Waals surface area contributed by atoms with Crippen LogP contribution in [0.15, 0.2) is 0 Å². The van der Waals surface area contributed by atoms with E-state index in [1.165, 1.54) is 0 Å². The van der Waals surface area contributed by atoms with Gasteiger partial charge in [-0.2, -0.15) is 0 Å². The van der Waals surface area contributed by atoms with Crippen molar-refractivity contribution in [2.24, 2.45) is 10.8 Å². The van der Waals surface area contributed by atoms with Gasteiger partial charge in [-0.25, -0.2) is 4.79 Å². The van der Waals surface area contributed by atoms with Crippen LogP contribution in [0.5, 0.6) is 0 Å². The molecule has 2 aliphatic rings. The van der Waals surface area contributed by atoms with Crippen LogP contribution in [0.4, 0.5) is 4.79 Å². The van der Waals surface area contributed by atoms with Crippen LogP contribution in [0.25, 0.3) is 0 Å². The lowest BCUT2D eigenvalue weighted by molar-refractivity contribution is -0.0291. The SMILES string of the molecule is CC(C)(C)OC(=O)N1CCC2(CCC[C@@]2(N[S+]([O-])C(C)(C)C)C(C)(C)C)CC1. The van der Waals surface area contributed by atoms with Crippen LogP contribution in [0, 0.1) is 10.8 Å². The van der Waals surface area contributed by atoms with Crippen LogP contribution in [-0.2, 0) is 16.1 Å². The van der Waals surface area contributed by atoms with E-state index in [2.05, 4.69) is 25.5 Å². The van der Waals surface area contributed by atoms with E-state index in [0.29, 0.717) is 13.1 Å². The maximum absolute atomic E-state index is 13.1. The second kappa shape index (κ2) is 7.66. The van der Waals surface area contributed by atoms with Gasteiger partial charge in [0.05, 0.1) is 5.54 Å². The number of hydrogen-bond acceptors (Lipinski definition) is 4. The number of piperidine rings is 1. The normalized spacial score (nSPS) is 27.1. The minimum absolute atomic E-state index is 0.0293. The molecule has 0 bridgehead atoms. The van der Waals surface area contributed by atoms with E-state index in [1.807, 2.05) is 46.4 Å². The van der Waals surface area contributed by atoms with Crippen molar-refractivity contribution in [1.29, 1.82) is 0 Å². The van der Waals surface area contributed by atoms with Crippen molar-refractivity contribution in [3.05, 3.63) is 0 Å². The van der Waals surface area contributed by atoms with Gasteiger partial charge in [0.1, 0.15) is 10.3 Å². The van der Waals surface area contributed by atoms with Crippen molar-refractivity contribution < 1.29 is 14.1 Å². The van der Waals surface area contributed by atoms with Crippen molar-refractivity contribution in [2.75, 3.05) is 13.1 Å². The number of carbonyl (C=O) groups is 1. The van der Waals surface area contributed by atoms with Crippen molar-refractivity contribution in [3.8, 4) is 0 Å². The standard InChI is InChI=1S/C22H42N2O3S/c1-18(2,3)22(23-28(26)20(7,8)9)12-10-11-21(22)13-15-24(16-14-21)17(25)27-19(4,5)6/h23H,10-16H2,1-9H3/t22-,28?/m1/s1. The number of hydrogen-bond donors (Lipinski definition) is 1. The van der Waals surface area contributed by atoms with E-state index in [0.717, 1.165) is 32.1 Å². The molecule has 6 heteroatoms. The summed E-state index contributed by atoms with van der Waals surface area (Å²) in [5, 5.41) is 0. The van der Waals surface area contributed by atoms with E-state index in [4.69, 9.17) is 4.74 Å². The summed E-state index contributed by atoms with van der Waals surface area (Å²) in [6.07, 6.45) is 4.94. The van der Waals surface area contributed by atoms with E-state index in [1.54, 1.807) is 0 Å². The summed E-state index contributed by atoms with van der Waals surface area (Å²) in [5.41, 5.74) is -0.638. The predicted octanol–water partition coefficient (Wildman–Crippen LogP) is 5.02. The van der Waals surface area contributed by atoms with E-state index >= 15 is 0 Å². The average Bonchev–Trinajstić information content (AvgIpc) is 2.84. The molecule has 0 radical (unpaired) electrons. The Hall–Kier alpha value is -0.460. The molecular formula is C22H42N2O3S. The largest absolute Gasteiger partial charge is 0.598 e. The summed E-state index contributed by atoms with van der Waals surface area (Å²) in [4.78, 5) is 14.4. The van der Waals surface area contributed by atoms with Gasteiger partial charge in [0, 0.05) is 24.5 Å². The zero-order valence-electron chi connectivity index (χ0n) is 19.5. The molecule has 1 heterocycles. The highest BCUT2D eigenvalue weighted by Gasteiger charge is 2.63. The van der Waals surface area contributed by atoms with Crippen LogP contribution in [0.2, 0.25) is 0 Å². The lowest BCUT2D eigenvalue weighted by Gasteiger charge is -2.56. The molecule has 1 amide bonds. The molecule has 0 aromatic carbocycles. The highest BCUT2D eigenvalue weighted by atomic mass is 32.2. The average molecular weight is 415 g/mol. The fourth-order valence-corrected chi connectivity index (χ4v) is 6.33. The van der Waals surface area contributed by atoms with Crippen molar-refractivity contribution in [2.45, 2.75) is 110 Å². The summed E-state index contributed by atoms with van der Waals surface area (Å²) in [6, 6.07) is 0. The highest BCUT2D eigenvalue weighted by Crippen LogP contribution is 2.60. The molecule has 5 nitrogen and oxygen atoms in total. The third-order valence-electron chi connectivity index (χ3n) is 6.59. The lowest BCUT2D eigenvalue weighted by atomic mass is 9.56. The maximum atomic E-state index is 13.1. The first-order chi connectivity index (χ1) is 12.5. The minimum Gasteiger partial charge on any atom is -0.598 e. The summed E-state index contributed by atoms with van der Waals surface area (Å²) in [6.45, 7) is 20.0.